The number of fused-ring (bicyclic) bond motifs is 14. The lowest BCUT2D eigenvalue weighted by Gasteiger charge is -2.20. The van der Waals surface area contributed by atoms with Crippen LogP contribution in [0.15, 0.2) is 249 Å². The molecule has 0 saturated carbocycles. The van der Waals surface area contributed by atoms with E-state index in [1.165, 1.54) is 159 Å². The summed E-state index contributed by atoms with van der Waals surface area (Å²) >= 11 is 0. The number of pyridine rings is 1. The van der Waals surface area contributed by atoms with Crippen LogP contribution in [0.5, 0.6) is 0 Å². The van der Waals surface area contributed by atoms with Gasteiger partial charge in [0.25, 0.3) is 0 Å². The molecule has 1 heteroatoms. The maximum absolute atomic E-state index is 5.11. The molecule has 330 valence electrons. The molecule has 0 unspecified atom stereocenters. The summed E-state index contributed by atoms with van der Waals surface area (Å²) in [6, 6.07) is 90.7. The van der Waals surface area contributed by atoms with Crippen molar-refractivity contribution in [3.05, 3.63) is 249 Å². The van der Waals surface area contributed by atoms with Gasteiger partial charge in [0.2, 0.25) is 0 Å². The van der Waals surface area contributed by atoms with Crippen molar-refractivity contribution >= 4 is 64.6 Å². The van der Waals surface area contributed by atoms with Crippen LogP contribution < -0.4 is 0 Å². The van der Waals surface area contributed by atoms with Crippen LogP contribution in [0.4, 0.5) is 0 Å². The van der Waals surface area contributed by atoms with Crippen molar-refractivity contribution < 1.29 is 0 Å². The average Bonchev–Trinajstić information content (AvgIpc) is 3.97. The minimum absolute atomic E-state index is 1.05. The molecular weight excluding hydrogens is 867 g/mol. The van der Waals surface area contributed by atoms with Gasteiger partial charge >= 0.3 is 0 Å². The third kappa shape index (κ3) is 5.56. The fourth-order valence-corrected chi connectivity index (χ4v) is 12.8. The molecule has 0 saturated heterocycles. The van der Waals surface area contributed by atoms with Crippen LogP contribution in [0.1, 0.15) is 0 Å². The molecule has 14 aromatic rings. The summed E-state index contributed by atoms with van der Waals surface area (Å²) in [5.74, 6) is 0. The zero-order valence-electron chi connectivity index (χ0n) is 39.1. The van der Waals surface area contributed by atoms with Crippen molar-refractivity contribution in [2.45, 2.75) is 0 Å². The molecule has 0 N–H and O–H groups in total. The lowest BCUT2D eigenvalue weighted by molar-refractivity contribution is 1.35. The number of aromatic nitrogens is 1. The fourth-order valence-electron chi connectivity index (χ4n) is 12.8. The van der Waals surface area contributed by atoms with Gasteiger partial charge in [-0.25, -0.2) is 0 Å². The average molecular weight is 908 g/mol. The molecule has 13 aromatic carbocycles. The normalized spacial score (nSPS) is 12.2. The third-order valence-corrected chi connectivity index (χ3v) is 16.0. The Morgan fingerprint density at radius 3 is 1.14 bits per heavy atom. The van der Waals surface area contributed by atoms with Gasteiger partial charge < -0.3 is 0 Å². The Labute approximate surface area is 416 Å². The summed E-state index contributed by atoms with van der Waals surface area (Å²) in [5, 5.41) is 15.1. The zero-order valence-corrected chi connectivity index (χ0v) is 39.1. The van der Waals surface area contributed by atoms with Gasteiger partial charge in [-0.15, -0.1) is 0 Å². The molecule has 0 fully saturated rings. The second-order valence-electron chi connectivity index (χ2n) is 19.6. The molecule has 1 nitrogen and oxygen atoms in total. The van der Waals surface area contributed by atoms with E-state index in [4.69, 9.17) is 4.98 Å². The van der Waals surface area contributed by atoms with Gasteiger partial charge in [0, 0.05) is 28.3 Å². The van der Waals surface area contributed by atoms with Crippen molar-refractivity contribution in [1.29, 1.82) is 0 Å². The Kier molecular flexibility index (Phi) is 8.23. The molecule has 2 aliphatic rings. The molecule has 0 bridgehead atoms. The number of rotatable bonds is 5. The van der Waals surface area contributed by atoms with Crippen LogP contribution in [0.25, 0.3) is 165 Å². The van der Waals surface area contributed by atoms with E-state index in [0.29, 0.717) is 0 Å². The molecule has 0 atom stereocenters. The van der Waals surface area contributed by atoms with Crippen LogP contribution in [-0.2, 0) is 0 Å². The van der Waals surface area contributed by atoms with Crippen molar-refractivity contribution in [2.75, 3.05) is 0 Å². The summed E-state index contributed by atoms with van der Waals surface area (Å²) in [6.07, 6.45) is 1.95. The number of benzene rings is 13. The Morgan fingerprint density at radius 1 is 0.194 bits per heavy atom. The van der Waals surface area contributed by atoms with Crippen LogP contribution in [0.3, 0.4) is 0 Å². The Hall–Kier alpha value is -9.43. The summed E-state index contributed by atoms with van der Waals surface area (Å²) < 4.78 is 0. The number of hydrogen-bond acceptors (Lipinski definition) is 1. The third-order valence-electron chi connectivity index (χ3n) is 16.0. The lowest BCUT2D eigenvalue weighted by atomic mass is 9.83. The van der Waals surface area contributed by atoms with Crippen LogP contribution in [0, 0.1) is 0 Å². The van der Waals surface area contributed by atoms with E-state index in [2.05, 4.69) is 243 Å². The second-order valence-corrected chi connectivity index (χ2v) is 19.6. The van der Waals surface area contributed by atoms with E-state index in [9.17, 15) is 0 Å². The summed E-state index contributed by atoms with van der Waals surface area (Å²) in [6.45, 7) is 0. The maximum Gasteiger partial charge on any atom is 0.0787 e. The zero-order chi connectivity index (χ0) is 47.0. The predicted molar refractivity (Wildman–Crippen MR) is 305 cm³/mol. The molecule has 16 rings (SSSR count). The van der Waals surface area contributed by atoms with E-state index < -0.39 is 0 Å². The SMILES string of the molecule is c1ccc(-c2ccc3c(c2)c(-c2cc4c5ccc(-c6ccccc6)c6c5c(cc4c4ccc(-c5ccccc5)cc24)-c2ncccc2-6)cc2c4ccc(-c5ccccc5)c5c4c(cc32)-c2ccccc2-5)cc1. The molecule has 0 radical (unpaired) electrons. The standard InChI is InChI=1S/C71H41N/c1-5-16-42(17-6-1)46-27-29-51-57(36-46)63(38-61-54-33-31-48(44-20-9-3-10-21-44)67-53-25-14-13-24-50(53)65(69(54)67)40-59(51)61)64-39-62-55-34-32-49(45-22-11-4-12-23-45)68-56-26-15-35-72-71(56)66(70(55)68)41-60(62)52-30-28-47(37-58(52)64)43-18-7-2-8-19-43/h1-41H. The molecule has 2 aliphatic carbocycles. The smallest absolute Gasteiger partial charge is 0.0787 e. The van der Waals surface area contributed by atoms with E-state index in [1.807, 2.05) is 6.20 Å². The first-order valence-corrected chi connectivity index (χ1v) is 25.0. The highest BCUT2D eigenvalue weighted by Gasteiger charge is 2.30. The van der Waals surface area contributed by atoms with E-state index in [-0.39, 0.29) is 0 Å². The Balaban J connectivity index is 1.07. The monoisotopic (exact) mass is 907 g/mol. The van der Waals surface area contributed by atoms with Gasteiger partial charge in [-0.1, -0.05) is 200 Å². The first-order valence-electron chi connectivity index (χ1n) is 25.0. The summed E-state index contributed by atoms with van der Waals surface area (Å²) in [5.41, 5.74) is 22.1. The van der Waals surface area contributed by atoms with E-state index in [0.717, 1.165) is 5.69 Å². The Bertz CT molecular complexity index is 4330. The van der Waals surface area contributed by atoms with Gasteiger partial charge in [0.15, 0.2) is 0 Å². The number of nitrogens with zero attached hydrogens (tertiary/aromatic N) is 1. The highest BCUT2D eigenvalue weighted by Crippen LogP contribution is 2.56. The molecular formula is C71H41N. The Morgan fingerprint density at radius 2 is 0.597 bits per heavy atom. The lowest BCUT2D eigenvalue weighted by Crippen LogP contribution is -1.92. The van der Waals surface area contributed by atoms with Crippen LogP contribution >= 0.6 is 0 Å². The van der Waals surface area contributed by atoms with Gasteiger partial charge in [-0.3, -0.25) is 4.98 Å². The van der Waals surface area contributed by atoms with Crippen molar-refractivity contribution in [2.24, 2.45) is 0 Å². The minimum atomic E-state index is 1.05. The van der Waals surface area contributed by atoms with Gasteiger partial charge in [-0.05, 0) is 180 Å². The predicted octanol–water partition coefficient (Wildman–Crippen LogP) is 19.6. The highest BCUT2D eigenvalue weighted by molar-refractivity contribution is 6.33. The molecule has 0 aliphatic heterocycles. The maximum atomic E-state index is 5.11. The van der Waals surface area contributed by atoms with Crippen molar-refractivity contribution in [1.82, 2.24) is 4.98 Å². The van der Waals surface area contributed by atoms with Gasteiger partial charge in [0.1, 0.15) is 0 Å². The molecule has 1 aromatic heterocycles. The van der Waals surface area contributed by atoms with E-state index in [1.54, 1.807) is 0 Å². The quantitative estimate of drug-likeness (QED) is 0.157. The fraction of sp³-hybridized carbons (Fsp3) is 0. The van der Waals surface area contributed by atoms with Gasteiger partial charge in [-0.2, -0.15) is 0 Å². The van der Waals surface area contributed by atoms with Crippen molar-refractivity contribution in [3.8, 4) is 100 Å². The molecule has 72 heavy (non-hydrogen) atoms. The second kappa shape index (κ2) is 15.0. The minimum Gasteiger partial charge on any atom is -0.256 e. The first-order chi connectivity index (χ1) is 35.7. The van der Waals surface area contributed by atoms with Crippen LogP contribution in [0.2, 0.25) is 0 Å². The highest BCUT2D eigenvalue weighted by atomic mass is 14.7. The number of hydrogen-bond donors (Lipinski definition) is 0. The molecule has 0 spiro atoms. The summed E-state index contributed by atoms with van der Waals surface area (Å²) in [4.78, 5) is 5.11. The largest absolute Gasteiger partial charge is 0.256 e. The van der Waals surface area contributed by atoms with E-state index >= 15 is 0 Å². The van der Waals surface area contributed by atoms with Crippen molar-refractivity contribution in [3.63, 3.8) is 0 Å². The summed E-state index contributed by atoms with van der Waals surface area (Å²) in [7, 11) is 0. The first kappa shape index (κ1) is 39.4. The van der Waals surface area contributed by atoms with Crippen LogP contribution in [-0.4, -0.2) is 4.98 Å². The molecule has 0 amide bonds. The topological polar surface area (TPSA) is 12.9 Å². The van der Waals surface area contributed by atoms with Gasteiger partial charge in [0.05, 0.1) is 5.69 Å². The molecule has 1 heterocycles.